The van der Waals surface area contributed by atoms with Gasteiger partial charge in [0.1, 0.15) is 30.5 Å². The number of carbonyl (C=O) groups is 1. The van der Waals surface area contributed by atoms with Crippen LogP contribution in [0.2, 0.25) is 0 Å². The van der Waals surface area contributed by atoms with Gasteiger partial charge < -0.3 is 39.4 Å². The molecule has 0 aliphatic carbocycles. The number of carbonyl (C=O) groups excluding carboxylic acids is 1. The number of hydrogen-bond acceptors (Lipinski definition) is 9. The van der Waals surface area contributed by atoms with Gasteiger partial charge in [-0.3, -0.25) is 4.79 Å². The number of rotatable bonds is 39. The van der Waals surface area contributed by atoms with E-state index < -0.39 is 43.4 Å². The van der Waals surface area contributed by atoms with Crippen LogP contribution in [-0.4, -0.2) is 89.6 Å². The van der Waals surface area contributed by atoms with Crippen molar-refractivity contribution in [3.63, 3.8) is 0 Å². The Bertz CT molecular complexity index is 1070. The molecule has 0 aromatic heterocycles. The number of allylic oxidation sites excluding steroid dienone is 10. The van der Waals surface area contributed by atoms with Crippen molar-refractivity contribution in [2.75, 3.05) is 26.4 Å². The highest BCUT2D eigenvalue weighted by molar-refractivity contribution is 5.69. The summed E-state index contributed by atoms with van der Waals surface area (Å²) < 4.78 is 22.8. The second kappa shape index (κ2) is 40.3. The lowest BCUT2D eigenvalue weighted by Gasteiger charge is -2.39. The Balaban J connectivity index is 2.19. The maximum atomic E-state index is 12.7. The molecule has 0 aromatic rings. The second-order valence-electron chi connectivity index (χ2n) is 15.8. The van der Waals surface area contributed by atoms with Crippen LogP contribution in [0.5, 0.6) is 0 Å². The number of aliphatic hydroxyl groups is 4. The van der Waals surface area contributed by atoms with Gasteiger partial charge in [-0.1, -0.05) is 164 Å². The Labute approximate surface area is 354 Å². The summed E-state index contributed by atoms with van der Waals surface area (Å²) in [4.78, 5) is 12.7. The highest BCUT2D eigenvalue weighted by Gasteiger charge is 2.44. The van der Waals surface area contributed by atoms with Gasteiger partial charge in [0.15, 0.2) is 6.29 Å². The van der Waals surface area contributed by atoms with E-state index in [-0.39, 0.29) is 19.2 Å². The third-order valence-corrected chi connectivity index (χ3v) is 10.4. The van der Waals surface area contributed by atoms with Crippen LogP contribution in [0.4, 0.5) is 0 Å². The molecular weight excluding hydrogens is 733 g/mol. The van der Waals surface area contributed by atoms with Crippen LogP contribution in [0.15, 0.2) is 60.8 Å². The van der Waals surface area contributed by atoms with Crippen molar-refractivity contribution in [1.29, 1.82) is 0 Å². The summed E-state index contributed by atoms with van der Waals surface area (Å²) in [6.07, 6.45) is 44.0. The van der Waals surface area contributed by atoms with Gasteiger partial charge in [0, 0.05) is 13.0 Å². The van der Waals surface area contributed by atoms with E-state index in [2.05, 4.69) is 74.6 Å². The fourth-order valence-electron chi connectivity index (χ4n) is 6.76. The van der Waals surface area contributed by atoms with Gasteiger partial charge in [-0.2, -0.15) is 0 Å². The number of esters is 1. The van der Waals surface area contributed by atoms with Gasteiger partial charge in [0.05, 0.1) is 19.8 Å². The van der Waals surface area contributed by atoms with Gasteiger partial charge in [-0.25, -0.2) is 0 Å². The molecule has 336 valence electrons. The van der Waals surface area contributed by atoms with Gasteiger partial charge in [-0.15, -0.1) is 0 Å². The molecule has 0 aromatic carbocycles. The van der Waals surface area contributed by atoms with E-state index in [1.807, 2.05) is 0 Å². The van der Waals surface area contributed by atoms with Crippen molar-refractivity contribution in [3.05, 3.63) is 60.8 Å². The first-order valence-corrected chi connectivity index (χ1v) is 23.4. The van der Waals surface area contributed by atoms with Crippen molar-refractivity contribution in [1.82, 2.24) is 0 Å². The smallest absolute Gasteiger partial charge is 0.306 e. The van der Waals surface area contributed by atoms with E-state index in [1.165, 1.54) is 77.0 Å². The van der Waals surface area contributed by atoms with E-state index >= 15 is 0 Å². The molecule has 1 fully saturated rings. The molecule has 1 saturated heterocycles. The molecule has 6 atom stereocenters. The van der Waals surface area contributed by atoms with E-state index in [4.69, 9.17) is 18.9 Å². The van der Waals surface area contributed by atoms with Crippen LogP contribution in [0.3, 0.4) is 0 Å². The summed E-state index contributed by atoms with van der Waals surface area (Å²) in [5, 5.41) is 40.1. The molecule has 0 bridgehead atoms. The van der Waals surface area contributed by atoms with Crippen molar-refractivity contribution in [2.45, 2.75) is 218 Å². The number of hydrogen-bond donors (Lipinski definition) is 4. The van der Waals surface area contributed by atoms with E-state index in [1.54, 1.807) is 0 Å². The molecule has 9 heteroatoms. The largest absolute Gasteiger partial charge is 0.457 e. The fraction of sp³-hybridized carbons (Fsp3) is 0.776. The average Bonchev–Trinajstić information content (AvgIpc) is 3.22. The zero-order valence-electron chi connectivity index (χ0n) is 36.8. The minimum Gasteiger partial charge on any atom is -0.457 e. The maximum absolute atomic E-state index is 12.7. The Hall–Kier alpha value is -2.11. The van der Waals surface area contributed by atoms with Crippen LogP contribution in [0.25, 0.3) is 0 Å². The summed E-state index contributed by atoms with van der Waals surface area (Å²) in [5.41, 5.74) is 0. The molecule has 0 spiro atoms. The third-order valence-electron chi connectivity index (χ3n) is 10.4. The molecule has 9 nitrogen and oxygen atoms in total. The van der Waals surface area contributed by atoms with Crippen molar-refractivity contribution >= 4 is 5.97 Å². The van der Waals surface area contributed by atoms with Crippen LogP contribution >= 0.6 is 0 Å². The van der Waals surface area contributed by atoms with E-state index in [0.29, 0.717) is 13.0 Å². The molecule has 0 radical (unpaired) electrons. The standard InChI is InChI=1S/C49H86O9/c1-3-5-7-9-11-13-15-16-17-18-19-20-21-22-23-24-25-26-27-29-31-33-35-37-39-55-41-43(42-56-49-48(54)47(53)46(52)44(40-50)58-49)57-45(51)38-36-34-32-30-28-14-12-10-8-6-4-2/h5,7,10-13,16-17,19-20,43-44,46-50,52-54H,3-4,6,8-9,14-15,18,21-42H2,1-2H3/b7-5-,12-10-,13-11-,17-16-,20-19-. The fourth-order valence-corrected chi connectivity index (χ4v) is 6.76. The number of aliphatic hydroxyl groups excluding tert-OH is 4. The number of ether oxygens (including phenoxy) is 4. The highest BCUT2D eigenvalue weighted by Crippen LogP contribution is 2.22. The van der Waals surface area contributed by atoms with Crippen molar-refractivity contribution < 1.29 is 44.2 Å². The zero-order valence-corrected chi connectivity index (χ0v) is 36.8. The normalized spacial score (nSPS) is 20.8. The van der Waals surface area contributed by atoms with E-state index in [0.717, 1.165) is 83.5 Å². The molecule has 1 aliphatic heterocycles. The Morgan fingerprint density at radius 1 is 0.569 bits per heavy atom. The molecule has 0 amide bonds. The highest BCUT2D eigenvalue weighted by atomic mass is 16.7. The zero-order chi connectivity index (χ0) is 42.2. The summed E-state index contributed by atoms with van der Waals surface area (Å²) in [6, 6.07) is 0. The minimum absolute atomic E-state index is 0.120. The SMILES string of the molecule is CC/C=C\C/C=C\C/C=C\C/C=C\CCCCCCCCCCCCCOCC(COC1OC(CO)C(O)C(O)C1O)OC(=O)CCCCCCC/C=C\CCCC. The first kappa shape index (κ1) is 53.9. The molecule has 58 heavy (non-hydrogen) atoms. The quantitative estimate of drug-likeness (QED) is 0.0272. The average molecular weight is 819 g/mol. The molecule has 1 rings (SSSR count). The number of unbranched alkanes of at least 4 members (excludes halogenated alkanes) is 18. The summed E-state index contributed by atoms with van der Waals surface area (Å²) in [6.45, 7) is 4.38. The summed E-state index contributed by atoms with van der Waals surface area (Å²) in [5.74, 6) is -0.327. The lowest BCUT2D eigenvalue weighted by molar-refractivity contribution is -0.305. The van der Waals surface area contributed by atoms with E-state index in [9.17, 15) is 25.2 Å². The summed E-state index contributed by atoms with van der Waals surface area (Å²) in [7, 11) is 0. The van der Waals surface area contributed by atoms with Crippen LogP contribution in [-0.2, 0) is 23.7 Å². The lowest BCUT2D eigenvalue weighted by Crippen LogP contribution is -2.59. The second-order valence-corrected chi connectivity index (χ2v) is 15.8. The van der Waals surface area contributed by atoms with Gasteiger partial charge >= 0.3 is 5.97 Å². The summed E-state index contributed by atoms with van der Waals surface area (Å²) >= 11 is 0. The lowest BCUT2D eigenvalue weighted by atomic mass is 9.99. The molecule has 1 aliphatic rings. The Morgan fingerprint density at radius 3 is 1.60 bits per heavy atom. The third kappa shape index (κ3) is 30.9. The molecule has 4 N–H and O–H groups in total. The van der Waals surface area contributed by atoms with Crippen LogP contribution in [0, 0.1) is 0 Å². The monoisotopic (exact) mass is 819 g/mol. The first-order valence-electron chi connectivity index (χ1n) is 23.4. The first-order chi connectivity index (χ1) is 28.4. The van der Waals surface area contributed by atoms with Crippen LogP contribution < -0.4 is 0 Å². The van der Waals surface area contributed by atoms with Crippen LogP contribution in [0.1, 0.15) is 181 Å². The Kier molecular flexibility index (Phi) is 37.5. The minimum atomic E-state index is -1.54. The molecule has 1 heterocycles. The predicted octanol–water partition coefficient (Wildman–Crippen LogP) is 10.7. The predicted molar refractivity (Wildman–Crippen MR) is 238 cm³/mol. The van der Waals surface area contributed by atoms with Gasteiger partial charge in [-0.05, 0) is 70.6 Å². The molecular formula is C49H86O9. The van der Waals surface area contributed by atoms with Gasteiger partial charge in [0.2, 0.25) is 0 Å². The van der Waals surface area contributed by atoms with Crippen molar-refractivity contribution in [2.24, 2.45) is 0 Å². The Morgan fingerprint density at radius 2 is 1.05 bits per heavy atom. The topological polar surface area (TPSA) is 135 Å². The molecule has 0 saturated carbocycles. The van der Waals surface area contributed by atoms with Crippen molar-refractivity contribution in [3.8, 4) is 0 Å². The maximum Gasteiger partial charge on any atom is 0.306 e. The molecule has 6 unspecified atom stereocenters. The van der Waals surface area contributed by atoms with Gasteiger partial charge in [0.25, 0.3) is 0 Å².